The van der Waals surface area contributed by atoms with Crippen molar-refractivity contribution >= 4 is 15.9 Å². The SMILES string of the molecule is Cc1cc(C)c(C(C)N[C@@H](C)c2ccccc2Br)c(C)c1. The molecule has 0 radical (unpaired) electrons. The summed E-state index contributed by atoms with van der Waals surface area (Å²) >= 11 is 3.64. The minimum Gasteiger partial charge on any atom is -0.304 e. The van der Waals surface area contributed by atoms with Crippen LogP contribution in [0, 0.1) is 20.8 Å². The Bertz CT molecular complexity index is 610. The van der Waals surface area contributed by atoms with Gasteiger partial charge >= 0.3 is 0 Å². The van der Waals surface area contributed by atoms with Crippen molar-refractivity contribution in [2.45, 2.75) is 46.7 Å². The molecule has 2 atom stereocenters. The normalized spacial score (nSPS) is 14.0. The molecule has 1 unspecified atom stereocenters. The van der Waals surface area contributed by atoms with Crippen molar-refractivity contribution in [3.05, 3.63) is 68.7 Å². The first-order chi connectivity index (χ1) is 9.90. The highest BCUT2D eigenvalue weighted by Gasteiger charge is 2.16. The van der Waals surface area contributed by atoms with Crippen molar-refractivity contribution in [1.82, 2.24) is 5.32 Å². The molecule has 0 saturated heterocycles. The van der Waals surface area contributed by atoms with Crippen LogP contribution in [0.2, 0.25) is 0 Å². The predicted molar refractivity (Wildman–Crippen MR) is 94.8 cm³/mol. The summed E-state index contributed by atoms with van der Waals surface area (Å²) in [6.45, 7) is 11.0. The molecule has 1 nitrogen and oxygen atoms in total. The van der Waals surface area contributed by atoms with Gasteiger partial charge in [-0.2, -0.15) is 0 Å². The van der Waals surface area contributed by atoms with Gasteiger partial charge in [-0.05, 0) is 62.9 Å². The van der Waals surface area contributed by atoms with E-state index in [1.807, 2.05) is 0 Å². The van der Waals surface area contributed by atoms with Gasteiger partial charge < -0.3 is 5.32 Å². The van der Waals surface area contributed by atoms with Crippen molar-refractivity contribution in [2.24, 2.45) is 0 Å². The van der Waals surface area contributed by atoms with Crippen molar-refractivity contribution in [1.29, 1.82) is 0 Å². The average molecular weight is 346 g/mol. The Morgan fingerprint density at radius 2 is 1.48 bits per heavy atom. The second-order valence-corrected chi connectivity index (χ2v) is 6.80. The average Bonchev–Trinajstić information content (AvgIpc) is 2.37. The van der Waals surface area contributed by atoms with Crippen LogP contribution < -0.4 is 5.32 Å². The predicted octanol–water partition coefficient (Wildman–Crippen LogP) is 5.79. The van der Waals surface area contributed by atoms with Gasteiger partial charge in [0.2, 0.25) is 0 Å². The second-order valence-electron chi connectivity index (χ2n) is 5.94. The number of aryl methyl sites for hydroxylation is 3. The molecule has 0 spiro atoms. The zero-order valence-electron chi connectivity index (χ0n) is 13.5. The van der Waals surface area contributed by atoms with E-state index in [1.54, 1.807) is 0 Å². The molecule has 0 saturated carbocycles. The quantitative estimate of drug-likeness (QED) is 0.739. The molecular weight excluding hydrogens is 322 g/mol. The molecule has 0 heterocycles. The van der Waals surface area contributed by atoms with Crippen molar-refractivity contribution in [3.63, 3.8) is 0 Å². The molecule has 0 aliphatic carbocycles. The van der Waals surface area contributed by atoms with Crippen LogP contribution in [0.5, 0.6) is 0 Å². The van der Waals surface area contributed by atoms with Crippen LogP contribution in [0.1, 0.15) is 53.7 Å². The topological polar surface area (TPSA) is 12.0 Å². The number of hydrogen-bond acceptors (Lipinski definition) is 1. The molecule has 21 heavy (non-hydrogen) atoms. The van der Waals surface area contributed by atoms with E-state index >= 15 is 0 Å². The molecule has 1 N–H and O–H groups in total. The van der Waals surface area contributed by atoms with Crippen molar-refractivity contribution in [3.8, 4) is 0 Å². The fourth-order valence-corrected chi connectivity index (χ4v) is 3.88. The van der Waals surface area contributed by atoms with Gasteiger partial charge in [-0.1, -0.05) is 51.8 Å². The maximum atomic E-state index is 3.72. The zero-order chi connectivity index (χ0) is 15.6. The van der Waals surface area contributed by atoms with Crippen LogP contribution in [0.3, 0.4) is 0 Å². The second kappa shape index (κ2) is 6.76. The molecule has 2 rings (SSSR count). The van der Waals surface area contributed by atoms with Gasteiger partial charge in [0.15, 0.2) is 0 Å². The zero-order valence-corrected chi connectivity index (χ0v) is 15.1. The number of hydrogen-bond donors (Lipinski definition) is 1. The Morgan fingerprint density at radius 1 is 0.905 bits per heavy atom. The third-order valence-corrected chi connectivity index (χ3v) is 4.76. The summed E-state index contributed by atoms with van der Waals surface area (Å²) in [6, 6.07) is 13.6. The van der Waals surface area contributed by atoms with Crippen LogP contribution in [-0.4, -0.2) is 0 Å². The van der Waals surface area contributed by atoms with Crippen LogP contribution in [0.25, 0.3) is 0 Å². The van der Waals surface area contributed by atoms with E-state index < -0.39 is 0 Å². The smallest absolute Gasteiger partial charge is 0.0308 e. The standard InChI is InChI=1S/C19H24BrN/c1-12-10-13(2)19(14(3)11-12)16(5)21-15(4)17-8-6-7-9-18(17)20/h6-11,15-16,21H,1-5H3/t15-,16?/m0/s1. The van der Waals surface area contributed by atoms with Crippen LogP contribution >= 0.6 is 15.9 Å². The molecule has 2 aromatic carbocycles. The molecule has 0 bridgehead atoms. The first-order valence-corrected chi connectivity index (χ1v) is 8.27. The monoisotopic (exact) mass is 345 g/mol. The van der Waals surface area contributed by atoms with E-state index in [0.717, 1.165) is 4.47 Å². The lowest BCUT2D eigenvalue weighted by molar-refractivity contribution is 0.490. The highest BCUT2D eigenvalue weighted by atomic mass is 79.9. The fourth-order valence-electron chi connectivity index (χ4n) is 3.25. The largest absolute Gasteiger partial charge is 0.304 e. The third-order valence-electron chi connectivity index (χ3n) is 4.04. The molecule has 112 valence electrons. The lowest BCUT2D eigenvalue weighted by Crippen LogP contribution is -2.24. The number of nitrogens with one attached hydrogen (secondary N) is 1. The van der Waals surface area contributed by atoms with Crippen LogP contribution in [0.15, 0.2) is 40.9 Å². The summed E-state index contributed by atoms with van der Waals surface area (Å²) < 4.78 is 1.16. The van der Waals surface area contributed by atoms with E-state index in [0.29, 0.717) is 12.1 Å². The summed E-state index contributed by atoms with van der Waals surface area (Å²) in [7, 11) is 0. The Kier molecular flexibility index (Phi) is 5.23. The first kappa shape index (κ1) is 16.3. The Labute approximate surface area is 136 Å². The number of halogens is 1. The van der Waals surface area contributed by atoms with Crippen LogP contribution in [0.4, 0.5) is 0 Å². The lowest BCUT2D eigenvalue weighted by atomic mass is 9.94. The third kappa shape index (κ3) is 3.75. The molecule has 2 aromatic rings. The van der Waals surface area contributed by atoms with Crippen molar-refractivity contribution in [2.75, 3.05) is 0 Å². The van der Waals surface area contributed by atoms with Gasteiger partial charge in [-0.3, -0.25) is 0 Å². The molecular formula is C19H24BrN. The minimum atomic E-state index is 0.302. The molecule has 0 amide bonds. The van der Waals surface area contributed by atoms with Gasteiger partial charge in [0, 0.05) is 16.6 Å². The first-order valence-electron chi connectivity index (χ1n) is 7.48. The Hall–Kier alpha value is -1.12. The summed E-state index contributed by atoms with van der Waals surface area (Å²) in [5.41, 5.74) is 6.78. The van der Waals surface area contributed by atoms with Gasteiger partial charge in [-0.25, -0.2) is 0 Å². The van der Waals surface area contributed by atoms with E-state index in [9.17, 15) is 0 Å². The molecule has 0 aliphatic heterocycles. The van der Waals surface area contributed by atoms with E-state index in [2.05, 4.69) is 92.3 Å². The van der Waals surface area contributed by atoms with E-state index in [4.69, 9.17) is 0 Å². The Balaban J connectivity index is 2.22. The number of benzene rings is 2. The minimum absolute atomic E-state index is 0.302. The van der Waals surface area contributed by atoms with Crippen molar-refractivity contribution < 1.29 is 0 Å². The molecule has 0 aromatic heterocycles. The lowest BCUT2D eigenvalue weighted by Gasteiger charge is -2.24. The summed E-state index contributed by atoms with van der Waals surface area (Å²) in [5.74, 6) is 0. The summed E-state index contributed by atoms with van der Waals surface area (Å²) in [5, 5.41) is 3.72. The molecule has 0 aliphatic rings. The summed E-state index contributed by atoms with van der Waals surface area (Å²) in [6.07, 6.45) is 0. The van der Waals surface area contributed by atoms with E-state index in [-0.39, 0.29) is 0 Å². The molecule has 0 fully saturated rings. The maximum Gasteiger partial charge on any atom is 0.0308 e. The summed E-state index contributed by atoms with van der Waals surface area (Å²) in [4.78, 5) is 0. The van der Waals surface area contributed by atoms with Crippen LogP contribution in [-0.2, 0) is 0 Å². The molecule has 2 heteroatoms. The highest BCUT2D eigenvalue weighted by Crippen LogP contribution is 2.28. The van der Waals surface area contributed by atoms with Gasteiger partial charge in [0.25, 0.3) is 0 Å². The van der Waals surface area contributed by atoms with E-state index in [1.165, 1.54) is 27.8 Å². The van der Waals surface area contributed by atoms with Gasteiger partial charge in [-0.15, -0.1) is 0 Å². The van der Waals surface area contributed by atoms with Gasteiger partial charge in [0.05, 0.1) is 0 Å². The maximum absolute atomic E-state index is 3.72. The fraction of sp³-hybridized carbons (Fsp3) is 0.368. The number of rotatable bonds is 4. The Morgan fingerprint density at radius 3 is 2.05 bits per heavy atom. The highest BCUT2D eigenvalue weighted by molar-refractivity contribution is 9.10. The van der Waals surface area contributed by atoms with Gasteiger partial charge in [0.1, 0.15) is 0 Å².